The molecule has 0 atom stereocenters. The number of hydrogen-bond donors (Lipinski definition) is 3. The van der Waals surface area contributed by atoms with Crippen LogP contribution in [0.4, 0.5) is 0 Å². The predicted octanol–water partition coefficient (Wildman–Crippen LogP) is 2.89. The molecule has 0 bridgehead atoms. The van der Waals surface area contributed by atoms with Crippen molar-refractivity contribution in [1.29, 1.82) is 0 Å². The average Bonchev–Trinajstić information content (AvgIpc) is 3.16. The minimum Gasteiger partial charge on any atom is -0.464 e. The van der Waals surface area contributed by atoms with E-state index in [1.165, 1.54) is 7.11 Å². The maximum atomic E-state index is 12.5. The molecule has 1 fully saturated rings. The summed E-state index contributed by atoms with van der Waals surface area (Å²) in [4.78, 5) is 26.9. The zero-order valence-electron chi connectivity index (χ0n) is 14.9. The van der Waals surface area contributed by atoms with Crippen molar-refractivity contribution in [3.05, 3.63) is 47.8 Å². The molecule has 0 unspecified atom stereocenters. The van der Waals surface area contributed by atoms with Crippen LogP contribution in [0.1, 0.15) is 53.0 Å². The summed E-state index contributed by atoms with van der Waals surface area (Å²) in [6.45, 7) is 0.271. The fourth-order valence-corrected chi connectivity index (χ4v) is 3.36. The number of nitrogens with one attached hydrogen (secondary N) is 2. The smallest absolute Gasteiger partial charge is 0.354 e. The summed E-state index contributed by atoms with van der Waals surface area (Å²) in [6, 6.07) is 8.86. The summed E-state index contributed by atoms with van der Waals surface area (Å²) in [6.07, 6.45) is 6.30. The van der Waals surface area contributed by atoms with E-state index in [0.717, 1.165) is 43.2 Å². The van der Waals surface area contributed by atoms with E-state index in [0.29, 0.717) is 11.3 Å². The van der Waals surface area contributed by atoms with Crippen LogP contribution in [0, 0.1) is 0 Å². The number of carbonyl (C=O) groups excluding carboxylic acids is 2. The van der Waals surface area contributed by atoms with E-state index in [1.54, 1.807) is 30.5 Å². The van der Waals surface area contributed by atoms with Crippen molar-refractivity contribution in [2.45, 2.75) is 37.7 Å². The largest absolute Gasteiger partial charge is 0.464 e. The van der Waals surface area contributed by atoms with E-state index in [9.17, 15) is 14.7 Å². The van der Waals surface area contributed by atoms with E-state index in [1.807, 2.05) is 6.07 Å². The van der Waals surface area contributed by atoms with Crippen molar-refractivity contribution < 1.29 is 19.4 Å². The Kier molecular flexibility index (Phi) is 5.42. The fraction of sp³-hybridized carbons (Fsp3) is 0.400. The van der Waals surface area contributed by atoms with Crippen molar-refractivity contribution in [2.75, 3.05) is 13.7 Å². The Labute approximate surface area is 152 Å². The number of hydrogen-bond acceptors (Lipinski definition) is 4. The van der Waals surface area contributed by atoms with Gasteiger partial charge < -0.3 is 20.1 Å². The van der Waals surface area contributed by atoms with Crippen LogP contribution in [0.3, 0.4) is 0 Å². The van der Waals surface area contributed by atoms with Crippen LogP contribution in [-0.4, -0.2) is 41.2 Å². The van der Waals surface area contributed by atoms with Gasteiger partial charge in [0.15, 0.2) is 0 Å². The molecular formula is C20H24N2O4. The van der Waals surface area contributed by atoms with Gasteiger partial charge in [0, 0.05) is 23.9 Å². The van der Waals surface area contributed by atoms with Gasteiger partial charge >= 0.3 is 5.97 Å². The second-order valence-corrected chi connectivity index (χ2v) is 6.84. The van der Waals surface area contributed by atoms with Crippen LogP contribution in [0.15, 0.2) is 36.5 Å². The number of benzene rings is 1. The Morgan fingerprint density at radius 1 is 1.19 bits per heavy atom. The Morgan fingerprint density at radius 3 is 2.69 bits per heavy atom. The Morgan fingerprint density at radius 2 is 1.96 bits per heavy atom. The highest BCUT2D eigenvalue weighted by atomic mass is 16.5. The first-order valence-corrected chi connectivity index (χ1v) is 8.88. The van der Waals surface area contributed by atoms with Gasteiger partial charge in [-0.15, -0.1) is 0 Å². The molecule has 0 spiro atoms. The van der Waals surface area contributed by atoms with Gasteiger partial charge in [-0.1, -0.05) is 31.4 Å². The number of aromatic nitrogens is 1. The molecule has 1 aromatic carbocycles. The number of esters is 1. The van der Waals surface area contributed by atoms with Crippen LogP contribution >= 0.6 is 0 Å². The van der Waals surface area contributed by atoms with Crippen LogP contribution in [0.2, 0.25) is 0 Å². The summed E-state index contributed by atoms with van der Waals surface area (Å²) >= 11 is 0. The molecule has 1 amide bonds. The molecule has 1 aromatic heterocycles. The number of rotatable bonds is 5. The number of carbonyl (C=O) groups is 2. The van der Waals surface area contributed by atoms with Crippen LogP contribution < -0.4 is 5.32 Å². The molecule has 138 valence electrons. The summed E-state index contributed by atoms with van der Waals surface area (Å²) in [5, 5.41) is 13.4. The molecule has 1 aliphatic carbocycles. The van der Waals surface area contributed by atoms with Gasteiger partial charge in [-0.25, -0.2) is 4.79 Å². The lowest BCUT2D eigenvalue weighted by molar-refractivity contribution is 0.00525. The third-order valence-corrected chi connectivity index (χ3v) is 4.91. The predicted molar refractivity (Wildman–Crippen MR) is 97.9 cm³/mol. The van der Waals surface area contributed by atoms with Crippen molar-refractivity contribution >= 4 is 11.9 Å². The van der Waals surface area contributed by atoms with E-state index in [2.05, 4.69) is 15.0 Å². The molecule has 0 radical (unpaired) electrons. The highest BCUT2D eigenvalue weighted by molar-refractivity contribution is 5.96. The molecule has 1 aliphatic rings. The molecule has 26 heavy (non-hydrogen) atoms. The maximum Gasteiger partial charge on any atom is 0.354 e. The van der Waals surface area contributed by atoms with E-state index < -0.39 is 11.6 Å². The fourth-order valence-electron chi connectivity index (χ4n) is 3.36. The van der Waals surface area contributed by atoms with E-state index in [-0.39, 0.29) is 12.5 Å². The van der Waals surface area contributed by atoms with Gasteiger partial charge in [0.05, 0.1) is 12.7 Å². The number of ether oxygens (including phenoxy) is 1. The standard InChI is InChI=1S/C20H24N2O4/c1-26-19(24)17-11-16(12-21-17)14-6-5-7-15(10-14)18(23)22-13-20(25)8-3-2-4-9-20/h5-7,10-12,21,25H,2-4,8-9,13H2,1H3,(H,22,23). The highest BCUT2D eigenvalue weighted by Crippen LogP contribution is 2.27. The maximum absolute atomic E-state index is 12.5. The molecule has 3 N–H and O–H groups in total. The van der Waals surface area contributed by atoms with Gasteiger partial charge in [-0.3, -0.25) is 4.79 Å². The zero-order valence-corrected chi connectivity index (χ0v) is 14.9. The third-order valence-electron chi connectivity index (χ3n) is 4.91. The molecule has 2 aromatic rings. The molecule has 0 saturated heterocycles. The summed E-state index contributed by atoms with van der Waals surface area (Å²) in [7, 11) is 1.33. The van der Waals surface area contributed by atoms with Gasteiger partial charge in [-0.2, -0.15) is 0 Å². The summed E-state index contributed by atoms with van der Waals surface area (Å²) in [5.41, 5.74) is 1.70. The number of amides is 1. The Balaban J connectivity index is 1.69. The molecule has 1 saturated carbocycles. The Bertz CT molecular complexity index is 791. The van der Waals surface area contributed by atoms with Gasteiger partial charge in [-0.05, 0) is 36.6 Å². The molecule has 6 heteroatoms. The molecular weight excluding hydrogens is 332 g/mol. The van der Waals surface area contributed by atoms with Gasteiger partial charge in [0.1, 0.15) is 5.69 Å². The molecule has 1 heterocycles. The van der Waals surface area contributed by atoms with Gasteiger partial charge in [0.25, 0.3) is 5.91 Å². The first-order valence-electron chi connectivity index (χ1n) is 8.88. The van der Waals surface area contributed by atoms with Gasteiger partial charge in [0.2, 0.25) is 0 Å². The second-order valence-electron chi connectivity index (χ2n) is 6.84. The number of methoxy groups -OCH3 is 1. The zero-order chi connectivity index (χ0) is 18.6. The number of aromatic amines is 1. The summed E-state index contributed by atoms with van der Waals surface area (Å²) in [5.74, 6) is -0.652. The van der Waals surface area contributed by atoms with Crippen molar-refractivity contribution in [1.82, 2.24) is 10.3 Å². The quantitative estimate of drug-likeness (QED) is 0.719. The van der Waals surface area contributed by atoms with Crippen LogP contribution in [0.25, 0.3) is 11.1 Å². The molecule has 6 nitrogen and oxygen atoms in total. The minimum absolute atomic E-state index is 0.213. The molecule has 0 aliphatic heterocycles. The normalized spacial score (nSPS) is 16.1. The molecule has 3 rings (SSSR count). The minimum atomic E-state index is -0.790. The summed E-state index contributed by atoms with van der Waals surface area (Å²) < 4.78 is 4.69. The van der Waals surface area contributed by atoms with Crippen molar-refractivity contribution in [2.24, 2.45) is 0 Å². The van der Waals surface area contributed by atoms with Crippen LogP contribution in [-0.2, 0) is 4.74 Å². The highest BCUT2D eigenvalue weighted by Gasteiger charge is 2.29. The first-order chi connectivity index (χ1) is 12.5. The van der Waals surface area contributed by atoms with E-state index >= 15 is 0 Å². The lowest BCUT2D eigenvalue weighted by Gasteiger charge is -2.32. The van der Waals surface area contributed by atoms with Crippen molar-refractivity contribution in [3.63, 3.8) is 0 Å². The van der Waals surface area contributed by atoms with Crippen molar-refractivity contribution in [3.8, 4) is 11.1 Å². The number of aliphatic hydroxyl groups is 1. The lowest BCUT2D eigenvalue weighted by Crippen LogP contribution is -2.44. The topological polar surface area (TPSA) is 91.4 Å². The first kappa shape index (κ1) is 18.2. The van der Waals surface area contributed by atoms with Crippen LogP contribution in [0.5, 0.6) is 0 Å². The Hall–Kier alpha value is -2.60. The third kappa shape index (κ3) is 4.14. The SMILES string of the molecule is COC(=O)c1cc(-c2cccc(C(=O)NCC3(O)CCCCC3)c2)c[nH]1. The number of H-pyrrole nitrogens is 1. The monoisotopic (exact) mass is 356 g/mol. The van der Waals surface area contributed by atoms with E-state index in [4.69, 9.17) is 0 Å². The lowest BCUT2D eigenvalue weighted by atomic mass is 9.85. The second kappa shape index (κ2) is 7.74. The average molecular weight is 356 g/mol.